The van der Waals surface area contributed by atoms with Gasteiger partial charge in [0.05, 0.1) is 10.6 Å². The molecule has 0 aliphatic rings. The highest BCUT2D eigenvalue weighted by atomic mass is 79.9. The van der Waals surface area contributed by atoms with Crippen LogP contribution in [0.4, 0.5) is 0 Å². The fourth-order valence-corrected chi connectivity index (χ4v) is 3.12. The van der Waals surface area contributed by atoms with Crippen LogP contribution in [0.25, 0.3) is 15.4 Å². The van der Waals surface area contributed by atoms with Crippen molar-refractivity contribution < 1.29 is 0 Å². The predicted molar refractivity (Wildman–Crippen MR) is 68.7 cm³/mol. The van der Waals surface area contributed by atoms with Crippen LogP contribution in [-0.2, 0) is 0 Å². The first-order valence-electron chi connectivity index (χ1n) is 4.81. The third-order valence-corrected chi connectivity index (χ3v) is 4.13. The molecular weight excluding hydrogens is 286 g/mol. The molecule has 0 amide bonds. The molecular formula is C11H8BrN3S. The van der Waals surface area contributed by atoms with E-state index in [1.165, 1.54) is 10.4 Å². The van der Waals surface area contributed by atoms with Gasteiger partial charge < -0.3 is 0 Å². The third-order valence-electron chi connectivity index (χ3n) is 2.44. The van der Waals surface area contributed by atoms with Crippen LogP contribution < -0.4 is 0 Å². The number of benzene rings is 1. The zero-order chi connectivity index (χ0) is 11.1. The maximum Gasteiger partial charge on any atom is 0.212 e. The molecule has 0 N–H and O–H groups in total. The Morgan fingerprint density at radius 2 is 2.25 bits per heavy atom. The monoisotopic (exact) mass is 293 g/mol. The fourth-order valence-electron chi connectivity index (χ4n) is 1.69. The minimum Gasteiger partial charge on any atom is -0.208 e. The Morgan fingerprint density at radius 3 is 3.00 bits per heavy atom. The molecule has 0 bridgehead atoms. The number of fused-ring (bicyclic) bond motifs is 1. The molecule has 0 unspecified atom stereocenters. The Balaban J connectivity index is 2.25. The van der Waals surface area contributed by atoms with Crippen molar-refractivity contribution in [1.82, 2.24) is 14.6 Å². The lowest BCUT2D eigenvalue weighted by atomic mass is 10.2. The molecule has 0 saturated carbocycles. The average molecular weight is 294 g/mol. The third kappa shape index (κ3) is 1.47. The van der Waals surface area contributed by atoms with Crippen molar-refractivity contribution in [2.24, 2.45) is 0 Å². The van der Waals surface area contributed by atoms with E-state index in [9.17, 15) is 0 Å². The summed E-state index contributed by atoms with van der Waals surface area (Å²) in [6.07, 6.45) is 1.59. The second kappa shape index (κ2) is 3.68. The number of nitrogens with zero attached hydrogens (tertiary/aromatic N) is 3. The van der Waals surface area contributed by atoms with Gasteiger partial charge in [-0.3, -0.25) is 0 Å². The summed E-state index contributed by atoms with van der Waals surface area (Å²) in [6.45, 7) is 2.06. The number of aryl methyl sites for hydroxylation is 1. The van der Waals surface area contributed by atoms with Crippen molar-refractivity contribution >= 4 is 32.2 Å². The lowest BCUT2D eigenvalue weighted by molar-refractivity contribution is 0.933. The quantitative estimate of drug-likeness (QED) is 0.687. The molecule has 80 valence electrons. The van der Waals surface area contributed by atoms with Crippen molar-refractivity contribution in [2.45, 2.75) is 6.92 Å². The lowest BCUT2D eigenvalue weighted by Crippen LogP contribution is -1.87. The van der Waals surface area contributed by atoms with Gasteiger partial charge in [0.1, 0.15) is 6.33 Å². The molecule has 0 radical (unpaired) electrons. The van der Waals surface area contributed by atoms with Gasteiger partial charge in [-0.1, -0.05) is 39.4 Å². The summed E-state index contributed by atoms with van der Waals surface area (Å²) >= 11 is 5.15. The van der Waals surface area contributed by atoms with Crippen LogP contribution in [0.15, 0.2) is 35.1 Å². The first-order chi connectivity index (χ1) is 7.75. The minimum atomic E-state index is 0.937. The highest BCUT2D eigenvalue weighted by molar-refractivity contribution is 9.10. The Bertz CT molecular complexity index is 656. The number of thiazole rings is 1. The molecule has 3 nitrogen and oxygen atoms in total. The maximum atomic E-state index is 4.21. The number of rotatable bonds is 1. The molecule has 0 aliphatic heterocycles. The number of hydrogen-bond donors (Lipinski definition) is 0. The van der Waals surface area contributed by atoms with Gasteiger partial charge in [0.15, 0.2) is 0 Å². The minimum absolute atomic E-state index is 0.937. The Morgan fingerprint density at radius 1 is 1.38 bits per heavy atom. The summed E-state index contributed by atoms with van der Waals surface area (Å²) in [7, 11) is 0. The van der Waals surface area contributed by atoms with E-state index in [-0.39, 0.29) is 0 Å². The molecule has 0 aliphatic carbocycles. The van der Waals surface area contributed by atoms with E-state index < -0.39 is 0 Å². The number of hydrogen-bond acceptors (Lipinski definition) is 3. The van der Waals surface area contributed by atoms with E-state index in [2.05, 4.69) is 45.1 Å². The van der Waals surface area contributed by atoms with E-state index in [1.807, 2.05) is 16.6 Å². The Hall–Kier alpha value is -1.20. The second-order valence-electron chi connectivity index (χ2n) is 3.48. The first kappa shape index (κ1) is 9.99. The maximum absolute atomic E-state index is 4.21. The number of halogens is 1. The van der Waals surface area contributed by atoms with E-state index >= 15 is 0 Å². The first-order valence-corrected chi connectivity index (χ1v) is 6.42. The highest BCUT2D eigenvalue weighted by Gasteiger charge is 2.11. The van der Waals surface area contributed by atoms with Crippen LogP contribution in [0.1, 0.15) is 5.69 Å². The highest BCUT2D eigenvalue weighted by Crippen LogP contribution is 2.32. The molecule has 1 aromatic carbocycles. The topological polar surface area (TPSA) is 30.2 Å². The van der Waals surface area contributed by atoms with Gasteiger partial charge >= 0.3 is 0 Å². The van der Waals surface area contributed by atoms with Gasteiger partial charge in [0, 0.05) is 4.47 Å². The normalized spacial score (nSPS) is 11.1. The molecule has 3 aromatic rings. The molecule has 3 rings (SSSR count). The van der Waals surface area contributed by atoms with Crippen LogP contribution in [0.2, 0.25) is 0 Å². The summed E-state index contributed by atoms with van der Waals surface area (Å²) in [5, 5.41) is 4.19. The summed E-state index contributed by atoms with van der Waals surface area (Å²) < 4.78 is 2.96. The molecule has 0 spiro atoms. The smallest absolute Gasteiger partial charge is 0.208 e. The van der Waals surface area contributed by atoms with Gasteiger partial charge in [0.2, 0.25) is 4.96 Å². The SMILES string of the molecule is Cc1c(-c2cccc(Br)c2)sc2ncnn12. The van der Waals surface area contributed by atoms with Gasteiger partial charge in [-0.2, -0.15) is 5.10 Å². The van der Waals surface area contributed by atoms with Crippen molar-refractivity contribution in [2.75, 3.05) is 0 Å². The molecule has 16 heavy (non-hydrogen) atoms. The molecule has 0 atom stereocenters. The molecule has 0 saturated heterocycles. The Kier molecular flexibility index (Phi) is 2.29. The van der Waals surface area contributed by atoms with E-state index in [0.29, 0.717) is 0 Å². The van der Waals surface area contributed by atoms with E-state index in [4.69, 9.17) is 0 Å². The van der Waals surface area contributed by atoms with E-state index in [1.54, 1.807) is 17.7 Å². The van der Waals surface area contributed by atoms with Crippen LogP contribution >= 0.6 is 27.3 Å². The second-order valence-corrected chi connectivity index (χ2v) is 5.37. The predicted octanol–water partition coefficient (Wildman–Crippen LogP) is 3.53. The van der Waals surface area contributed by atoms with E-state index in [0.717, 1.165) is 15.1 Å². The van der Waals surface area contributed by atoms with Gasteiger partial charge in [-0.05, 0) is 24.6 Å². The zero-order valence-electron chi connectivity index (χ0n) is 8.51. The van der Waals surface area contributed by atoms with Crippen LogP contribution in [0.5, 0.6) is 0 Å². The van der Waals surface area contributed by atoms with Crippen molar-refractivity contribution in [3.63, 3.8) is 0 Å². The Labute approximate surface area is 105 Å². The molecule has 2 heterocycles. The zero-order valence-corrected chi connectivity index (χ0v) is 10.9. The van der Waals surface area contributed by atoms with Crippen LogP contribution in [0.3, 0.4) is 0 Å². The average Bonchev–Trinajstić information content (AvgIpc) is 2.82. The molecule has 0 fully saturated rings. The van der Waals surface area contributed by atoms with Crippen molar-refractivity contribution in [3.05, 3.63) is 40.8 Å². The number of aromatic nitrogens is 3. The van der Waals surface area contributed by atoms with Gasteiger partial charge in [-0.25, -0.2) is 9.50 Å². The summed E-state index contributed by atoms with van der Waals surface area (Å²) in [5.41, 5.74) is 2.33. The fraction of sp³-hybridized carbons (Fsp3) is 0.0909. The van der Waals surface area contributed by atoms with Crippen LogP contribution in [-0.4, -0.2) is 14.6 Å². The standard InChI is InChI=1S/C11H8BrN3S/c1-7-10(8-3-2-4-9(12)5-8)16-11-13-6-14-15(7)11/h2-6H,1H3. The largest absolute Gasteiger partial charge is 0.212 e. The molecule has 5 heteroatoms. The lowest BCUT2D eigenvalue weighted by Gasteiger charge is -1.99. The van der Waals surface area contributed by atoms with Crippen molar-refractivity contribution in [3.8, 4) is 10.4 Å². The van der Waals surface area contributed by atoms with Crippen molar-refractivity contribution in [1.29, 1.82) is 0 Å². The van der Waals surface area contributed by atoms with Crippen LogP contribution in [0, 0.1) is 6.92 Å². The summed E-state index contributed by atoms with van der Waals surface area (Å²) in [4.78, 5) is 6.36. The molecule has 2 aromatic heterocycles. The van der Waals surface area contributed by atoms with Gasteiger partial charge in [-0.15, -0.1) is 0 Å². The summed E-state index contributed by atoms with van der Waals surface area (Å²) in [5.74, 6) is 0. The van der Waals surface area contributed by atoms with Gasteiger partial charge in [0.25, 0.3) is 0 Å². The summed E-state index contributed by atoms with van der Waals surface area (Å²) in [6, 6.07) is 8.27.